The van der Waals surface area contributed by atoms with Crippen LogP contribution < -0.4 is 15.5 Å². The number of amides is 2. The zero-order valence-corrected chi connectivity index (χ0v) is 15.6. The van der Waals surface area contributed by atoms with Crippen LogP contribution in [0.1, 0.15) is 24.8 Å². The number of rotatable bonds is 5. The first kappa shape index (κ1) is 17.9. The smallest absolute Gasteiger partial charge is 0.319 e. The molecule has 1 saturated carbocycles. The molecule has 142 valence electrons. The fourth-order valence-electron chi connectivity index (χ4n) is 4.04. The Morgan fingerprint density at radius 2 is 1.70 bits per heavy atom. The van der Waals surface area contributed by atoms with Gasteiger partial charge in [-0.05, 0) is 30.5 Å². The van der Waals surface area contributed by atoms with Crippen LogP contribution in [0.5, 0.6) is 0 Å². The van der Waals surface area contributed by atoms with Crippen LogP contribution in [-0.2, 0) is 10.2 Å². The van der Waals surface area contributed by atoms with Crippen molar-refractivity contribution in [3.63, 3.8) is 0 Å². The molecule has 1 aliphatic carbocycles. The van der Waals surface area contributed by atoms with E-state index >= 15 is 0 Å². The van der Waals surface area contributed by atoms with E-state index in [0.29, 0.717) is 6.54 Å². The summed E-state index contributed by atoms with van der Waals surface area (Å²) in [5.41, 5.74) is 3.31. The van der Waals surface area contributed by atoms with Gasteiger partial charge in [-0.25, -0.2) is 4.79 Å². The molecule has 0 aromatic heterocycles. The monoisotopic (exact) mass is 365 g/mol. The molecule has 0 spiro atoms. The largest absolute Gasteiger partial charge is 0.378 e. The summed E-state index contributed by atoms with van der Waals surface area (Å²) >= 11 is 0. The molecule has 2 N–H and O–H groups in total. The number of anilines is 2. The number of benzene rings is 2. The van der Waals surface area contributed by atoms with E-state index < -0.39 is 0 Å². The van der Waals surface area contributed by atoms with Crippen molar-refractivity contribution >= 4 is 17.4 Å². The van der Waals surface area contributed by atoms with E-state index in [9.17, 15) is 4.79 Å². The Morgan fingerprint density at radius 3 is 2.41 bits per heavy atom. The molecule has 5 nitrogen and oxygen atoms in total. The fourth-order valence-corrected chi connectivity index (χ4v) is 4.04. The minimum absolute atomic E-state index is 0.0856. The summed E-state index contributed by atoms with van der Waals surface area (Å²) in [6.07, 6.45) is 3.47. The summed E-state index contributed by atoms with van der Waals surface area (Å²) in [6, 6.07) is 18.4. The van der Waals surface area contributed by atoms with Gasteiger partial charge in [0, 0.05) is 25.0 Å². The second-order valence-corrected chi connectivity index (χ2v) is 7.42. The molecule has 1 heterocycles. The molecule has 2 aliphatic rings. The molecule has 1 saturated heterocycles. The predicted octanol–water partition coefficient (Wildman–Crippen LogP) is 3.77. The minimum Gasteiger partial charge on any atom is -0.378 e. The van der Waals surface area contributed by atoms with Crippen molar-refractivity contribution in [1.82, 2.24) is 5.32 Å². The van der Waals surface area contributed by atoms with Crippen LogP contribution >= 0.6 is 0 Å². The van der Waals surface area contributed by atoms with Gasteiger partial charge in [0.25, 0.3) is 0 Å². The lowest BCUT2D eigenvalue weighted by Gasteiger charge is -2.42. The highest BCUT2D eigenvalue weighted by Crippen LogP contribution is 2.43. The Labute approximate surface area is 160 Å². The van der Waals surface area contributed by atoms with Crippen molar-refractivity contribution in [2.24, 2.45) is 0 Å². The number of urea groups is 1. The highest BCUT2D eigenvalue weighted by molar-refractivity contribution is 5.93. The molecule has 27 heavy (non-hydrogen) atoms. The highest BCUT2D eigenvalue weighted by atomic mass is 16.5. The summed E-state index contributed by atoms with van der Waals surface area (Å²) in [6.45, 7) is 3.80. The third-order valence-electron chi connectivity index (χ3n) is 5.79. The maximum atomic E-state index is 12.6. The molecule has 2 amide bonds. The van der Waals surface area contributed by atoms with E-state index in [2.05, 4.69) is 45.9 Å². The van der Waals surface area contributed by atoms with Gasteiger partial charge in [0.05, 0.1) is 24.6 Å². The van der Waals surface area contributed by atoms with E-state index in [1.165, 1.54) is 12.0 Å². The topological polar surface area (TPSA) is 53.6 Å². The number of carbonyl (C=O) groups is 1. The number of para-hydroxylation sites is 2. The zero-order valence-electron chi connectivity index (χ0n) is 15.6. The third-order valence-corrected chi connectivity index (χ3v) is 5.79. The van der Waals surface area contributed by atoms with Gasteiger partial charge in [-0.1, -0.05) is 48.9 Å². The second-order valence-electron chi connectivity index (χ2n) is 7.42. The summed E-state index contributed by atoms with van der Waals surface area (Å²) in [4.78, 5) is 14.9. The SMILES string of the molecule is O=C(NCC1(c2ccccc2)CCC1)Nc1ccccc1N1CCOCC1. The van der Waals surface area contributed by atoms with Gasteiger partial charge >= 0.3 is 6.03 Å². The average molecular weight is 365 g/mol. The maximum absolute atomic E-state index is 12.6. The van der Waals surface area contributed by atoms with Gasteiger partial charge < -0.3 is 20.3 Å². The molecule has 1 aliphatic heterocycles. The number of hydrogen-bond acceptors (Lipinski definition) is 3. The Hall–Kier alpha value is -2.53. The molecule has 0 radical (unpaired) electrons. The Kier molecular flexibility index (Phi) is 5.30. The van der Waals surface area contributed by atoms with E-state index in [1.54, 1.807) is 0 Å². The van der Waals surface area contributed by atoms with Crippen molar-refractivity contribution in [3.8, 4) is 0 Å². The second kappa shape index (κ2) is 8.01. The van der Waals surface area contributed by atoms with Crippen LogP contribution in [-0.4, -0.2) is 38.9 Å². The van der Waals surface area contributed by atoms with Crippen molar-refractivity contribution in [2.45, 2.75) is 24.7 Å². The fraction of sp³-hybridized carbons (Fsp3) is 0.409. The molecule has 2 aromatic rings. The molecule has 5 heteroatoms. The lowest BCUT2D eigenvalue weighted by Crippen LogP contribution is -2.46. The van der Waals surface area contributed by atoms with Crippen LogP contribution in [0.15, 0.2) is 54.6 Å². The van der Waals surface area contributed by atoms with Crippen LogP contribution in [0.2, 0.25) is 0 Å². The van der Waals surface area contributed by atoms with E-state index in [0.717, 1.165) is 50.5 Å². The van der Waals surface area contributed by atoms with Crippen molar-refractivity contribution in [3.05, 3.63) is 60.2 Å². The summed E-state index contributed by atoms with van der Waals surface area (Å²) in [5, 5.41) is 6.16. The maximum Gasteiger partial charge on any atom is 0.319 e. The number of nitrogens with zero attached hydrogens (tertiary/aromatic N) is 1. The normalized spacial score (nSPS) is 18.4. The molecule has 0 unspecified atom stereocenters. The van der Waals surface area contributed by atoms with Gasteiger partial charge in [0.2, 0.25) is 0 Å². The van der Waals surface area contributed by atoms with E-state index in [-0.39, 0.29) is 11.4 Å². The molecule has 2 fully saturated rings. The first-order chi connectivity index (χ1) is 13.3. The van der Waals surface area contributed by atoms with Crippen molar-refractivity contribution in [1.29, 1.82) is 0 Å². The van der Waals surface area contributed by atoms with Crippen LogP contribution in [0.25, 0.3) is 0 Å². The first-order valence-electron chi connectivity index (χ1n) is 9.79. The number of carbonyl (C=O) groups excluding carboxylic acids is 1. The standard InChI is InChI=1S/C22H27N3O2/c26-21(23-17-22(11-6-12-22)18-7-2-1-3-8-18)24-19-9-4-5-10-20(19)25-13-15-27-16-14-25/h1-5,7-10H,6,11-17H2,(H2,23,24,26). The van der Waals surface area contributed by atoms with Gasteiger partial charge in [-0.15, -0.1) is 0 Å². The highest BCUT2D eigenvalue weighted by Gasteiger charge is 2.38. The molecule has 2 aromatic carbocycles. The molecule has 0 atom stereocenters. The Bertz CT molecular complexity index is 768. The Balaban J connectivity index is 1.40. The quantitative estimate of drug-likeness (QED) is 0.848. The van der Waals surface area contributed by atoms with Crippen molar-refractivity contribution < 1.29 is 9.53 Å². The molecular weight excluding hydrogens is 338 g/mol. The Morgan fingerprint density at radius 1 is 1.00 bits per heavy atom. The van der Waals surface area contributed by atoms with Gasteiger partial charge in [0.15, 0.2) is 0 Å². The van der Waals surface area contributed by atoms with Gasteiger partial charge in [-0.2, -0.15) is 0 Å². The first-order valence-corrected chi connectivity index (χ1v) is 9.79. The lowest BCUT2D eigenvalue weighted by atomic mass is 9.64. The number of ether oxygens (including phenoxy) is 1. The number of morpholine rings is 1. The van der Waals surface area contributed by atoms with Gasteiger partial charge in [-0.3, -0.25) is 0 Å². The molecule has 0 bridgehead atoms. The lowest BCUT2D eigenvalue weighted by molar-refractivity contribution is 0.123. The van der Waals surface area contributed by atoms with Crippen LogP contribution in [0, 0.1) is 0 Å². The molecule has 4 rings (SSSR count). The summed E-state index contributed by atoms with van der Waals surface area (Å²) in [7, 11) is 0. The van der Waals surface area contributed by atoms with E-state index in [1.807, 2.05) is 24.3 Å². The number of nitrogens with one attached hydrogen (secondary N) is 2. The zero-order chi connectivity index (χ0) is 18.5. The van der Waals surface area contributed by atoms with E-state index in [4.69, 9.17) is 4.74 Å². The third kappa shape index (κ3) is 3.93. The van der Waals surface area contributed by atoms with Crippen molar-refractivity contribution in [2.75, 3.05) is 43.1 Å². The molecular formula is C22H27N3O2. The van der Waals surface area contributed by atoms with Crippen LogP contribution in [0.4, 0.5) is 16.2 Å². The summed E-state index contributed by atoms with van der Waals surface area (Å²) in [5.74, 6) is 0. The minimum atomic E-state index is -0.141. The predicted molar refractivity (Wildman–Crippen MR) is 108 cm³/mol. The van der Waals surface area contributed by atoms with Gasteiger partial charge in [0.1, 0.15) is 0 Å². The number of hydrogen-bond donors (Lipinski definition) is 2. The average Bonchev–Trinajstić information content (AvgIpc) is 2.69. The van der Waals surface area contributed by atoms with Crippen LogP contribution in [0.3, 0.4) is 0 Å². The summed E-state index contributed by atoms with van der Waals surface area (Å²) < 4.78 is 5.44.